The molecule has 3 aromatic heterocycles. The lowest BCUT2D eigenvalue weighted by Crippen LogP contribution is -2.23. The van der Waals surface area contributed by atoms with E-state index in [-0.39, 0.29) is 5.91 Å². The fraction of sp³-hybridized carbons (Fsp3) is 0.227. The van der Waals surface area contributed by atoms with Crippen LogP contribution in [-0.2, 0) is 6.54 Å². The third-order valence-electron chi connectivity index (χ3n) is 5.03. The number of nitrogens with one attached hydrogen (secondary N) is 1. The summed E-state index contributed by atoms with van der Waals surface area (Å²) in [5.41, 5.74) is 3.32. The Bertz CT molecular complexity index is 1190. The molecule has 0 aliphatic heterocycles. The molecule has 0 spiro atoms. The van der Waals surface area contributed by atoms with Gasteiger partial charge in [0.1, 0.15) is 17.8 Å². The van der Waals surface area contributed by atoms with Crippen molar-refractivity contribution in [2.45, 2.75) is 32.2 Å². The highest BCUT2D eigenvalue weighted by Crippen LogP contribution is 2.38. The lowest BCUT2D eigenvalue weighted by atomic mass is 10.1. The van der Waals surface area contributed by atoms with Crippen LogP contribution in [0.15, 0.2) is 59.6 Å². The van der Waals surface area contributed by atoms with Gasteiger partial charge >= 0.3 is 0 Å². The van der Waals surface area contributed by atoms with Crippen LogP contribution in [0.2, 0.25) is 0 Å². The van der Waals surface area contributed by atoms with Gasteiger partial charge in [0.2, 0.25) is 0 Å². The van der Waals surface area contributed by atoms with Crippen molar-refractivity contribution in [1.29, 1.82) is 0 Å². The van der Waals surface area contributed by atoms with Crippen LogP contribution in [0.4, 0.5) is 0 Å². The van der Waals surface area contributed by atoms with Gasteiger partial charge in [0, 0.05) is 30.4 Å². The highest BCUT2D eigenvalue weighted by Gasteiger charge is 2.29. The molecule has 1 fully saturated rings. The quantitative estimate of drug-likeness (QED) is 0.532. The Morgan fingerprint density at radius 3 is 2.83 bits per heavy atom. The molecule has 8 nitrogen and oxygen atoms in total. The van der Waals surface area contributed by atoms with E-state index < -0.39 is 0 Å². The van der Waals surface area contributed by atoms with E-state index in [2.05, 4.69) is 25.4 Å². The monoisotopic (exact) mass is 400 g/mol. The summed E-state index contributed by atoms with van der Waals surface area (Å²) in [5, 5.41) is 6.94. The van der Waals surface area contributed by atoms with Gasteiger partial charge in [-0.25, -0.2) is 9.97 Å². The molecule has 3 heterocycles. The Kier molecular flexibility index (Phi) is 4.59. The average Bonchev–Trinajstić information content (AvgIpc) is 3.29. The predicted molar refractivity (Wildman–Crippen MR) is 109 cm³/mol. The van der Waals surface area contributed by atoms with E-state index in [1.165, 1.54) is 5.56 Å². The molecular weight excluding hydrogens is 380 g/mol. The van der Waals surface area contributed by atoms with Crippen molar-refractivity contribution >= 4 is 5.91 Å². The second kappa shape index (κ2) is 7.55. The van der Waals surface area contributed by atoms with Crippen LogP contribution in [0.25, 0.3) is 17.3 Å². The molecule has 0 radical (unpaired) electrons. The Labute approximate surface area is 173 Å². The lowest BCUT2D eigenvalue weighted by molar-refractivity contribution is 0.0946. The van der Waals surface area contributed by atoms with E-state index in [0.29, 0.717) is 29.9 Å². The minimum Gasteiger partial charge on any atom is -0.347 e. The zero-order valence-corrected chi connectivity index (χ0v) is 16.4. The lowest BCUT2D eigenvalue weighted by Gasteiger charge is -2.04. The zero-order valence-electron chi connectivity index (χ0n) is 16.4. The van der Waals surface area contributed by atoms with Crippen LogP contribution in [0.5, 0.6) is 0 Å². The van der Waals surface area contributed by atoms with Crippen LogP contribution in [0.1, 0.15) is 46.2 Å². The minimum absolute atomic E-state index is 0.239. The highest BCUT2D eigenvalue weighted by atomic mass is 16.5. The summed E-state index contributed by atoms with van der Waals surface area (Å²) in [7, 11) is 0. The van der Waals surface area contributed by atoms with Crippen molar-refractivity contribution in [2.75, 3.05) is 0 Å². The van der Waals surface area contributed by atoms with Gasteiger partial charge in [0.15, 0.2) is 5.82 Å². The molecule has 0 saturated heterocycles. The molecule has 5 rings (SSSR count). The maximum atomic E-state index is 12.4. The molecule has 30 heavy (non-hydrogen) atoms. The van der Waals surface area contributed by atoms with E-state index in [4.69, 9.17) is 4.52 Å². The van der Waals surface area contributed by atoms with Crippen molar-refractivity contribution < 1.29 is 9.32 Å². The van der Waals surface area contributed by atoms with E-state index in [9.17, 15) is 4.79 Å². The number of imidazole rings is 1. The normalized spacial score (nSPS) is 13.4. The van der Waals surface area contributed by atoms with Gasteiger partial charge in [-0.3, -0.25) is 9.36 Å². The summed E-state index contributed by atoms with van der Waals surface area (Å²) in [6.45, 7) is 2.47. The maximum Gasteiger partial charge on any atom is 0.271 e. The summed E-state index contributed by atoms with van der Waals surface area (Å²) < 4.78 is 7.09. The molecule has 8 heteroatoms. The van der Waals surface area contributed by atoms with Crippen molar-refractivity contribution in [3.8, 4) is 17.3 Å². The molecule has 4 aromatic rings. The molecule has 0 atom stereocenters. The Morgan fingerprint density at radius 1 is 1.20 bits per heavy atom. The number of benzene rings is 1. The fourth-order valence-corrected chi connectivity index (χ4v) is 3.10. The number of hydrogen-bond donors (Lipinski definition) is 1. The van der Waals surface area contributed by atoms with Crippen LogP contribution < -0.4 is 5.32 Å². The molecule has 1 aliphatic carbocycles. The smallest absolute Gasteiger partial charge is 0.271 e. The van der Waals surface area contributed by atoms with Crippen molar-refractivity contribution in [2.24, 2.45) is 0 Å². The van der Waals surface area contributed by atoms with Crippen LogP contribution in [-0.4, -0.2) is 30.6 Å². The number of hydrogen-bond acceptors (Lipinski definition) is 6. The van der Waals surface area contributed by atoms with Crippen LogP contribution in [0.3, 0.4) is 0 Å². The van der Waals surface area contributed by atoms with E-state index in [0.717, 1.165) is 29.8 Å². The number of rotatable bonds is 6. The van der Waals surface area contributed by atoms with Gasteiger partial charge in [-0.2, -0.15) is 4.98 Å². The first-order valence-corrected chi connectivity index (χ1v) is 9.84. The SMILES string of the molecule is Cc1ccc(CNC(=O)c2cn(-c3cc(-c4nc(C5CC5)no4)ccn3)cn2)cc1. The Balaban J connectivity index is 1.29. The molecule has 1 N–H and O–H groups in total. The number of nitrogens with zero attached hydrogens (tertiary/aromatic N) is 5. The van der Waals surface area contributed by atoms with E-state index in [1.54, 1.807) is 23.3 Å². The fourth-order valence-electron chi connectivity index (χ4n) is 3.10. The second-order valence-corrected chi connectivity index (χ2v) is 7.47. The number of aryl methyl sites for hydroxylation is 1. The predicted octanol–water partition coefficient (Wildman–Crippen LogP) is 3.43. The first-order chi connectivity index (χ1) is 14.7. The summed E-state index contributed by atoms with van der Waals surface area (Å²) >= 11 is 0. The molecular formula is C22H20N6O2. The van der Waals surface area contributed by atoms with Gasteiger partial charge < -0.3 is 9.84 Å². The van der Waals surface area contributed by atoms with Crippen molar-refractivity contribution in [1.82, 2.24) is 30.0 Å². The summed E-state index contributed by atoms with van der Waals surface area (Å²) in [4.78, 5) is 25.5. The highest BCUT2D eigenvalue weighted by molar-refractivity contribution is 5.92. The third-order valence-corrected chi connectivity index (χ3v) is 5.03. The van der Waals surface area contributed by atoms with Crippen molar-refractivity contribution in [3.05, 3.63) is 77.8 Å². The minimum atomic E-state index is -0.239. The number of carbonyl (C=O) groups excluding carboxylic acids is 1. The van der Waals surface area contributed by atoms with Gasteiger partial charge in [0.05, 0.1) is 0 Å². The molecule has 1 aliphatic rings. The number of amides is 1. The van der Waals surface area contributed by atoms with E-state index >= 15 is 0 Å². The molecule has 0 unspecified atom stereocenters. The first kappa shape index (κ1) is 18.2. The van der Waals surface area contributed by atoms with Gasteiger partial charge in [-0.15, -0.1) is 0 Å². The summed E-state index contributed by atoms with van der Waals surface area (Å²) in [6.07, 6.45) is 7.12. The van der Waals surface area contributed by atoms with Gasteiger partial charge in [-0.05, 0) is 37.5 Å². The summed E-state index contributed by atoms with van der Waals surface area (Å²) in [5.74, 6) is 2.04. The standard InChI is InChI=1S/C22H20N6O2/c1-14-2-4-15(5-3-14)11-24-21(29)18-12-28(13-25-18)19-10-17(8-9-23-19)22-26-20(27-30-22)16-6-7-16/h2-5,8-10,12-13,16H,6-7,11H2,1H3,(H,24,29). The molecule has 1 aromatic carbocycles. The third kappa shape index (κ3) is 3.84. The number of aromatic nitrogens is 5. The molecule has 1 amide bonds. The van der Waals surface area contributed by atoms with Crippen LogP contribution >= 0.6 is 0 Å². The molecule has 0 bridgehead atoms. The van der Waals surface area contributed by atoms with Crippen LogP contribution in [0, 0.1) is 6.92 Å². The van der Waals surface area contributed by atoms with Gasteiger partial charge in [0.25, 0.3) is 11.8 Å². The Hall–Kier alpha value is -3.81. The maximum absolute atomic E-state index is 12.4. The topological polar surface area (TPSA) is 98.7 Å². The zero-order chi connectivity index (χ0) is 20.5. The van der Waals surface area contributed by atoms with Crippen molar-refractivity contribution in [3.63, 3.8) is 0 Å². The number of carbonyl (C=O) groups is 1. The molecule has 150 valence electrons. The van der Waals surface area contributed by atoms with E-state index in [1.807, 2.05) is 43.3 Å². The summed E-state index contributed by atoms with van der Waals surface area (Å²) in [6, 6.07) is 11.7. The largest absolute Gasteiger partial charge is 0.347 e. The first-order valence-electron chi connectivity index (χ1n) is 9.84. The second-order valence-electron chi connectivity index (χ2n) is 7.47. The Morgan fingerprint density at radius 2 is 2.03 bits per heavy atom. The number of pyridine rings is 1. The molecule has 1 saturated carbocycles. The average molecular weight is 400 g/mol. The van der Waals surface area contributed by atoms with Gasteiger partial charge in [-0.1, -0.05) is 35.0 Å².